The fourth-order valence-corrected chi connectivity index (χ4v) is 2.35. The van der Waals surface area contributed by atoms with E-state index in [1.54, 1.807) is 0 Å². The van der Waals surface area contributed by atoms with Gasteiger partial charge in [-0.2, -0.15) is 0 Å². The molecule has 17 heavy (non-hydrogen) atoms. The highest BCUT2D eigenvalue weighted by Gasteiger charge is 2.14. The molecule has 5 nitrogen and oxygen atoms in total. The Hall–Kier alpha value is -0.650. The zero-order valence-electron chi connectivity index (χ0n) is 10.5. The maximum atomic E-state index is 11.2. The van der Waals surface area contributed by atoms with Gasteiger partial charge in [0.15, 0.2) is 0 Å². The smallest absolute Gasteiger partial charge is 0.220 e. The Balaban J connectivity index is 1.65. The van der Waals surface area contributed by atoms with E-state index >= 15 is 0 Å². The lowest BCUT2D eigenvalue weighted by molar-refractivity contribution is -0.121. The van der Waals surface area contributed by atoms with Crippen LogP contribution in [0.4, 0.5) is 0 Å². The minimum Gasteiger partial charge on any atom is -0.379 e. The molecular formula is C12H23N3O2. The molecule has 2 fully saturated rings. The first kappa shape index (κ1) is 12.8. The predicted octanol–water partition coefficient (Wildman–Crippen LogP) is -0.469. The maximum absolute atomic E-state index is 11.2. The van der Waals surface area contributed by atoms with Crippen molar-refractivity contribution < 1.29 is 9.53 Å². The van der Waals surface area contributed by atoms with Gasteiger partial charge in [-0.3, -0.25) is 9.69 Å². The van der Waals surface area contributed by atoms with Crippen molar-refractivity contribution in [2.24, 2.45) is 0 Å². The molecule has 0 radical (unpaired) electrons. The molecule has 2 aliphatic rings. The van der Waals surface area contributed by atoms with E-state index in [2.05, 4.69) is 15.1 Å². The Morgan fingerprint density at radius 2 is 1.76 bits per heavy atom. The van der Waals surface area contributed by atoms with E-state index in [1.165, 1.54) is 0 Å². The molecule has 0 aromatic heterocycles. The standard InChI is InChI=1S/C12H23N3O2/c16-12-2-1-4-14(5-3-13-12)6-7-15-8-10-17-11-9-15/h1-11H2,(H,13,16). The lowest BCUT2D eigenvalue weighted by Gasteiger charge is -2.30. The highest BCUT2D eigenvalue weighted by atomic mass is 16.5. The number of carbonyl (C=O) groups excluding carboxylic acids is 1. The van der Waals surface area contributed by atoms with Crippen LogP contribution in [0, 0.1) is 0 Å². The third-order valence-corrected chi connectivity index (χ3v) is 3.46. The quantitative estimate of drug-likeness (QED) is 0.725. The largest absolute Gasteiger partial charge is 0.379 e. The Labute approximate surface area is 103 Å². The maximum Gasteiger partial charge on any atom is 0.220 e. The molecule has 2 aliphatic heterocycles. The van der Waals surface area contributed by atoms with Crippen molar-refractivity contribution >= 4 is 5.91 Å². The molecule has 2 heterocycles. The highest BCUT2D eigenvalue weighted by molar-refractivity contribution is 5.75. The van der Waals surface area contributed by atoms with Crippen molar-refractivity contribution in [1.82, 2.24) is 15.1 Å². The fraction of sp³-hybridized carbons (Fsp3) is 0.917. The summed E-state index contributed by atoms with van der Waals surface area (Å²) in [5.41, 5.74) is 0. The van der Waals surface area contributed by atoms with Crippen molar-refractivity contribution in [3.8, 4) is 0 Å². The molecule has 2 saturated heterocycles. The van der Waals surface area contributed by atoms with E-state index < -0.39 is 0 Å². The summed E-state index contributed by atoms with van der Waals surface area (Å²) in [7, 11) is 0. The molecule has 0 aromatic rings. The number of rotatable bonds is 3. The molecule has 5 heteroatoms. The second-order valence-corrected chi connectivity index (χ2v) is 4.75. The first-order chi connectivity index (χ1) is 8.34. The summed E-state index contributed by atoms with van der Waals surface area (Å²) in [6, 6.07) is 0. The van der Waals surface area contributed by atoms with Crippen LogP contribution in [0.15, 0.2) is 0 Å². The summed E-state index contributed by atoms with van der Waals surface area (Å²) >= 11 is 0. The molecule has 1 amide bonds. The van der Waals surface area contributed by atoms with Crippen LogP contribution in [0.5, 0.6) is 0 Å². The van der Waals surface area contributed by atoms with Gasteiger partial charge in [-0.05, 0) is 13.0 Å². The highest BCUT2D eigenvalue weighted by Crippen LogP contribution is 2.01. The molecule has 1 N–H and O–H groups in total. The van der Waals surface area contributed by atoms with Crippen LogP contribution in [0.3, 0.4) is 0 Å². The predicted molar refractivity (Wildman–Crippen MR) is 65.9 cm³/mol. The summed E-state index contributed by atoms with van der Waals surface area (Å²) in [5.74, 6) is 0.206. The summed E-state index contributed by atoms with van der Waals surface area (Å²) in [6.45, 7) is 8.92. The van der Waals surface area contributed by atoms with Gasteiger partial charge in [-0.1, -0.05) is 0 Å². The second-order valence-electron chi connectivity index (χ2n) is 4.75. The fourth-order valence-electron chi connectivity index (χ4n) is 2.35. The van der Waals surface area contributed by atoms with Crippen molar-refractivity contribution in [1.29, 1.82) is 0 Å². The summed E-state index contributed by atoms with van der Waals surface area (Å²) < 4.78 is 5.34. The Kier molecular flexibility index (Phi) is 5.22. The summed E-state index contributed by atoms with van der Waals surface area (Å²) in [5, 5.41) is 2.94. The van der Waals surface area contributed by atoms with Crippen LogP contribution in [-0.4, -0.2) is 74.7 Å². The van der Waals surface area contributed by atoms with E-state index in [0.717, 1.165) is 65.4 Å². The molecule has 0 aromatic carbocycles. The Bertz CT molecular complexity index is 230. The number of carbonyl (C=O) groups is 1. The number of amides is 1. The minimum absolute atomic E-state index is 0.206. The van der Waals surface area contributed by atoms with E-state index in [0.29, 0.717) is 6.42 Å². The normalized spacial score (nSPS) is 25.1. The number of hydrogen-bond acceptors (Lipinski definition) is 4. The van der Waals surface area contributed by atoms with E-state index in [1.807, 2.05) is 0 Å². The van der Waals surface area contributed by atoms with Crippen LogP contribution in [-0.2, 0) is 9.53 Å². The van der Waals surface area contributed by atoms with Crippen molar-refractivity contribution in [2.75, 3.05) is 59.0 Å². The van der Waals surface area contributed by atoms with Gasteiger partial charge in [0.25, 0.3) is 0 Å². The number of nitrogens with zero attached hydrogens (tertiary/aromatic N) is 2. The zero-order chi connectivity index (χ0) is 11.9. The van der Waals surface area contributed by atoms with Crippen molar-refractivity contribution in [3.63, 3.8) is 0 Å². The van der Waals surface area contributed by atoms with Gasteiger partial charge in [-0.15, -0.1) is 0 Å². The third-order valence-electron chi connectivity index (χ3n) is 3.46. The van der Waals surface area contributed by atoms with Crippen molar-refractivity contribution in [3.05, 3.63) is 0 Å². The van der Waals surface area contributed by atoms with Crippen molar-refractivity contribution in [2.45, 2.75) is 12.8 Å². The molecular weight excluding hydrogens is 218 g/mol. The van der Waals surface area contributed by atoms with E-state index in [4.69, 9.17) is 4.74 Å². The first-order valence-electron chi connectivity index (χ1n) is 6.64. The first-order valence-corrected chi connectivity index (χ1v) is 6.64. The van der Waals surface area contributed by atoms with E-state index in [-0.39, 0.29) is 5.91 Å². The van der Waals surface area contributed by atoms with Gasteiger partial charge >= 0.3 is 0 Å². The molecule has 98 valence electrons. The van der Waals surface area contributed by atoms with Gasteiger partial charge in [0.05, 0.1) is 13.2 Å². The molecule has 0 saturated carbocycles. The topological polar surface area (TPSA) is 44.8 Å². The number of hydrogen-bond donors (Lipinski definition) is 1. The molecule has 2 rings (SSSR count). The summed E-state index contributed by atoms with van der Waals surface area (Å²) in [4.78, 5) is 16.1. The lowest BCUT2D eigenvalue weighted by atomic mass is 10.2. The SMILES string of the molecule is O=C1CCCN(CCN2CCOCC2)CCN1. The molecule has 0 aliphatic carbocycles. The van der Waals surface area contributed by atoms with Crippen LogP contribution in [0.1, 0.15) is 12.8 Å². The van der Waals surface area contributed by atoms with Crippen LogP contribution < -0.4 is 5.32 Å². The van der Waals surface area contributed by atoms with Crippen LogP contribution >= 0.6 is 0 Å². The second kappa shape index (κ2) is 6.93. The molecule has 0 atom stereocenters. The Morgan fingerprint density at radius 1 is 1.06 bits per heavy atom. The van der Waals surface area contributed by atoms with Gasteiger partial charge in [0.2, 0.25) is 5.91 Å². The molecule has 0 unspecified atom stereocenters. The average molecular weight is 241 g/mol. The zero-order valence-corrected chi connectivity index (χ0v) is 10.5. The molecule has 0 bridgehead atoms. The third kappa shape index (κ3) is 4.61. The molecule has 0 spiro atoms. The number of nitrogens with one attached hydrogen (secondary N) is 1. The van der Waals surface area contributed by atoms with Crippen LogP contribution in [0.25, 0.3) is 0 Å². The average Bonchev–Trinajstić information content (AvgIpc) is 2.33. The van der Waals surface area contributed by atoms with Gasteiger partial charge in [0, 0.05) is 45.7 Å². The van der Waals surface area contributed by atoms with E-state index in [9.17, 15) is 4.79 Å². The number of morpholine rings is 1. The monoisotopic (exact) mass is 241 g/mol. The minimum atomic E-state index is 0.206. The van der Waals surface area contributed by atoms with Crippen LogP contribution in [0.2, 0.25) is 0 Å². The van der Waals surface area contributed by atoms with Gasteiger partial charge in [-0.25, -0.2) is 0 Å². The van der Waals surface area contributed by atoms with Gasteiger partial charge < -0.3 is 15.0 Å². The van der Waals surface area contributed by atoms with Gasteiger partial charge in [0.1, 0.15) is 0 Å². The number of ether oxygens (including phenoxy) is 1. The summed E-state index contributed by atoms with van der Waals surface area (Å²) in [6.07, 6.45) is 1.66. The Morgan fingerprint density at radius 3 is 2.53 bits per heavy atom. The lowest BCUT2D eigenvalue weighted by Crippen LogP contribution is -2.44.